The molecule has 0 bridgehead atoms. The fraction of sp³-hybridized carbons (Fsp3) is 0.286. The summed E-state index contributed by atoms with van der Waals surface area (Å²) in [6.07, 6.45) is 3.19. The van der Waals surface area contributed by atoms with Gasteiger partial charge in [-0.05, 0) is 42.3 Å². The topological polar surface area (TPSA) is 71.6 Å². The number of hydrogen-bond donors (Lipinski definition) is 1. The second kappa shape index (κ2) is 7.67. The summed E-state index contributed by atoms with van der Waals surface area (Å²) in [5.41, 5.74) is 6.86. The number of fused-ring (bicyclic) bond motifs is 1. The van der Waals surface area contributed by atoms with Gasteiger partial charge in [-0.15, -0.1) is 0 Å². The lowest BCUT2D eigenvalue weighted by Crippen LogP contribution is -2.39. The number of nitrogens with zero attached hydrogens (tertiary/aromatic N) is 3. The van der Waals surface area contributed by atoms with Crippen LogP contribution in [0.15, 0.2) is 41.5 Å². The van der Waals surface area contributed by atoms with Crippen molar-refractivity contribution in [2.75, 3.05) is 14.1 Å². The van der Waals surface area contributed by atoms with E-state index in [4.69, 9.17) is 17.3 Å². The number of carbonyl (C=O) groups excluding carboxylic acids is 1. The molecule has 2 aromatic rings. The third kappa shape index (κ3) is 3.70. The van der Waals surface area contributed by atoms with Crippen LogP contribution in [-0.4, -0.2) is 39.8 Å². The Kier molecular flexibility index (Phi) is 5.32. The number of aliphatic imine (C=N–C) groups is 1. The Hall–Kier alpha value is -2.45. The standard InChI is InChI=1S/C21H19ClF2N4OS/c1-28(2)19(29)21-9-14(21)18(27-20(25)30-21)13-7-11(3-5-15(13)23)8-16(24)17-6-4-12(22)10-26-17/h3-8,10,14,18H,9H2,1-2H3,(H2,25,27)/b16-8-. The van der Waals surface area contributed by atoms with Gasteiger partial charge in [-0.25, -0.2) is 8.78 Å². The van der Waals surface area contributed by atoms with Crippen molar-refractivity contribution in [3.8, 4) is 0 Å². The Bertz CT molecular complexity index is 1070. The molecular weight excluding hydrogens is 430 g/mol. The maximum absolute atomic E-state index is 14.7. The van der Waals surface area contributed by atoms with Crippen LogP contribution in [0.1, 0.15) is 29.3 Å². The van der Waals surface area contributed by atoms with Crippen molar-refractivity contribution in [2.24, 2.45) is 16.6 Å². The number of halogens is 3. The van der Waals surface area contributed by atoms with E-state index in [2.05, 4.69) is 9.98 Å². The van der Waals surface area contributed by atoms with Gasteiger partial charge in [0.15, 0.2) is 5.17 Å². The minimum absolute atomic E-state index is 0.0586. The highest BCUT2D eigenvalue weighted by Crippen LogP contribution is 2.64. The number of nitrogens with two attached hydrogens (primary N) is 1. The molecule has 5 nitrogen and oxygen atoms in total. The number of amidine groups is 1. The highest BCUT2D eigenvalue weighted by atomic mass is 35.5. The van der Waals surface area contributed by atoms with Crippen molar-refractivity contribution in [2.45, 2.75) is 17.2 Å². The molecule has 4 rings (SSSR count). The minimum atomic E-state index is -0.712. The van der Waals surface area contributed by atoms with Gasteiger partial charge < -0.3 is 10.6 Å². The molecule has 2 N–H and O–H groups in total. The molecule has 1 aromatic carbocycles. The van der Waals surface area contributed by atoms with Gasteiger partial charge in [0.25, 0.3) is 0 Å². The maximum atomic E-state index is 14.7. The van der Waals surface area contributed by atoms with Crippen molar-refractivity contribution in [1.82, 2.24) is 9.88 Å². The molecule has 1 saturated carbocycles. The molecule has 1 fully saturated rings. The van der Waals surface area contributed by atoms with Crippen LogP contribution in [0.25, 0.3) is 11.9 Å². The largest absolute Gasteiger partial charge is 0.378 e. The number of carbonyl (C=O) groups is 1. The fourth-order valence-electron chi connectivity index (χ4n) is 3.76. The van der Waals surface area contributed by atoms with E-state index in [9.17, 15) is 13.6 Å². The van der Waals surface area contributed by atoms with Gasteiger partial charge in [0.2, 0.25) is 5.91 Å². The molecule has 1 aliphatic carbocycles. The number of aromatic nitrogens is 1. The predicted octanol–water partition coefficient (Wildman–Crippen LogP) is 4.29. The second-order valence-electron chi connectivity index (χ2n) is 7.55. The Morgan fingerprint density at radius 2 is 2.13 bits per heavy atom. The van der Waals surface area contributed by atoms with Gasteiger partial charge in [0.05, 0.1) is 16.8 Å². The van der Waals surface area contributed by atoms with E-state index in [0.29, 0.717) is 22.6 Å². The summed E-state index contributed by atoms with van der Waals surface area (Å²) in [5, 5.41) is 0.655. The van der Waals surface area contributed by atoms with Crippen molar-refractivity contribution >= 4 is 46.3 Å². The first-order chi connectivity index (χ1) is 14.2. The number of amides is 1. The van der Waals surface area contributed by atoms with Crippen molar-refractivity contribution in [3.63, 3.8) is 0 Å². The summed E-state index contributed by atoms with van der Waals surface area (Å²) in [7, 11) is 3.37. The molecule has 2 heterocycles. The van der Waals surface area contributed by atoms with Crippen LogP contribution in [0.3, 0.4) is 0 Å². The third-order valence-electron chi connectivity index (χ3n) is 5.27. The number of pyridine rings is 1. The number of rotatable bonds is 4. The molecule has 30 heavy (non-hydrogen) atoms. The van der Waals surface area contributed by atoms with Gasteiger partial charge in [0.1, 0.15) is 16.4 Å². The zero-order valence-corrected chi connectivity index (χ0v) is 17.8. The van der Waals surface area contributed by atoms with Crippen molar-refractivity contribution < 1.29 is 13.6 Å². The predicted molar refractivity (Wildman–Crippen MR) is 116 cm³/mol. The van der Waals surface area contributed by atoms with Crippen molar-refractivity contribution in [3.05, 3.63) is 64.2 Å². The molecule has 0 radical (unpaired) electrons. The normalized spacial score (nSPS) is 25.4. The first kappa shape index (κ1) is 20.8. The highest BCUT2D eigenvalue weighted by Gasteiger charge is 2.67. The van der Waals surface area contributed by atoms with Crippen LogP contribution < -0.4 is 5.73 Å². The number of hydrogen-bond acceptors (Lipinski definition) is 5. The van der Waals surface area contributed by atoms with E-state index in [1.165, 1.54) is 47.1 Å². The van der Waals surface area contributed by atoms with Gasteiger partial charge in [-0.3, -0.25) is 14.8 Å². The third-order valence-corrected chi connectivity index (χ3v) is 6.81. The Balaban J connectivity index is 1.67. The van der Waals surface area contributed by atoms with Crippen LogP contribution >= 0.6 is 23.4 Å². The summed E-state index contributed by atoms with van der Waals surface area (Å²) in [4.78, 5) is 22.6. The lowest BCUT2D eigenvalue weighted by molar-refractivity contribution is -0.129. The molecule has 1 aliphatic heterocycles. The molecule has 9 heteroatoms. The number of benzene rings is 1. The molecule has 3 unspecified atom stereocenters. The van der Waals surface area contributed by atoms with E-state index in [-0.39, 0.29) is 22.7 Å². The second-order valence-corrected chi connectivity index (χ2v) is 9.34. The maximum Gasteiger partial charge on any atom is 0.239 e. The SMILES string of the molecule is CN(C)C(=O)C12CC1C(c1cc(/C=C(\F)c3ccc(Cl)cn3)ccc1F)N=C(N)S2. The quantitative estimate of drug-likeness (QED) is 0.757. The van der Waals surface area contributed by atoms with Crippen LogP contribution in [0.5, 0.6) is 0 Å². The average Bonchev–Trinajstić information content (AvgIpc) is 3.44. The molecule has 1 amide bonds. The van der Waals surface area contributed by atoms with E-state index >= 15 is 0 Å². The van der Waals surface area contributed by atoms with E-state index < -0.39 is 22.4 Å². The van der Waals surface area contributed by atoms with Gasteiger partial charge in [0, 0.05) is 31.8 Å². The van der Waals surface area contributed by atoms with E-state index in [1.807, 2.05) is 0 Å². The lowest BCUT2D eigenvalue weighted by atomic mass is 9.97. The summed E-state index contributed by atoms with van der Waals surface area (Å²) in [5.74, 6) is -1.27. The van der Waals surface area contributed by atoms with Gasteiger partial charge in [-0.2, -0.15) is 0 Å². The molecule has 3 atom stereocenters. The zero-order chi connectivity index (χ0) is 21.6. The molecule has 2 aliphatic rings. The van der Waals surface area contributed by atoms with Gasteiger partial charge in [-0.1, -0.05) is 29.4 Å². The van der Waals surface area contributed by atoms with Crippen LogP contribution in [0, 0.1) is 11.7 Å². The molecular formula is C21H19ClF2N4OS. The summed E-state index contributed by atoms with van der Waals surface area (Å²) < 4.78 is 28.6. The lowest BCUT2D eigenvalue weighted by Gasteiger charge is -2.27. The fourth-order valence-corrected chi connectivity index (χ4v) is 5.23. The van der Waals surface area contributed by atoms with Gasteiger partial charge >= 0.3 is 0 Å². The Morgan fingerprint density at radius 3 is 2.80 bits per heavy atom. The first-order valence-electron chi connectivity index (χ1n) is 9.24. The molecule has 1 aromatic heterocycles. The smallest absolute Gasteiger partial charge is 0.239 e. The zero-order valence-electron chi connectivity index (χ0n) is 16.3. The highest BCUT2D eigenvalue weighted by molar-refractivity contribution is 8.15. The van der Waals surface area contributed by atoms with Crippen molar-refractivity contribution in [1.29, 1.82) is 0 Å². The summed E-state index contributed by atoms with van der Waals surface area (Å²) in [6.45, 7) is 0. The summed E-state index contributed by atoms with van der Waals surface area (Å²) in [6, 6.07) is 6.71. The van der Waals surface area contributed by atoms with E-state index in [1.54, 1.807) is 26.2 Å². The first-order valence-corrected chi connectivity index (χ1v) is 10.4. The average molecular weight is 449 g/mol. The molecule has 0 spiro atoms. The minimum Gasteiger partial charge on any atom is -0.378 e. The molecule has 156 valence electrons. The van der Waals surface area contributed by atoms with Crippen LogP contribution in [0.4, 0.5) is 8.78 Å². The number of thioether (sulfide) groups is 1. The Labute approximate surface area is 182 Å². The summed E-state index contributed by atoms with van der Waals surface area (Å²) >= 11 is 7.03. The van der Waals surface area contributed by atoms with E-state index in [0.717, 1.165) is 0 Å². The monoisotopic (exact) mass is 448 g/mol. The van der Waals surface area contributed by atoms with Crippen LogP contribution in [0.2, 0.25) is 5.02 Å². The Morgan fingerprint density at radius 1 is 1.37 bits per heavy atom. The van der Waals surface area contributed by atoms with Crippen LogP contribution in [-0.2, 0) is 4.79 Å². The molecule has 0 saturated heterocycles.